The van der Waals surface area contributed by atoms with Crippen molar-refractivity contribution in [3.8, 4) is 0 Å². The Morgan fingerprint density at radius 3 is 1.22 bits per heavy atom. The molecule has 0 amide bonds. The second-order valence-corrected chi connectivity index (χ2v) is 1.26. The number of hydrogen-bond donors (Lipinski definition) is 2. The Balaban J connectivity index is -0.0000000300. The van der Waals surface area contributed by atoms with Gasteiger partial charge >= 0.3 is 1.43 Å². The summed E-state index contributed by atoms with van der Waals surface area (Å²) in [5.41, 5.74) is 0. The molecule has 0 rings (SSSR count). The first-order valence-electron chi connectivity index (χ1n) is 1.02. The molecule has 0 aromatic rings. The first kappa shape index (κ1) is 16.0. The third kappa shape index (κ3) is 30100. The molecule has 1 atom stereocenters. The molecular formula is H5NO6S2-2. The molecular weight excluding hydrogens is 174 g/mol. The molecule has 1 unspecified atom stereocenters. The van der Waals surface area contributed by atoms with Crippen molar-refractivity contribution in [2.24, 2.45) is 0 Å². The van der Waals surface area contributed by atoms with Gasteiger partial charge in [-0.15, -0.1) is 11.4 Å². The van der Waals surface area contributed by atoms with Crippen LogP contribution in [0.1, 0.15) is 1.43 Å². The Morgan fingerprint density at radius 2 is 1.22 bits per heavy atom. The molecule has 0 heterocycles. The van der Waals surface area contributed by atoms with Crippen molar-refractivity contribution in [3.05, 3.63) is 0 Å². The zero-order valence-corrected chi connectivity index (χ0v) is 5.65. The Morgan fingerprint density at radius 1 is 1.22 bits per heavy atom. The van der Waals surface area contributed by atoms with Gasteiger partial charge in [0.25, 0.3) is 0 Å². The second-order valence-electron chi connectivity index (χ2n) is 0.421. The molecule has 0 aromatic carbocycles. The van der Waals surface area contributed by atoms with Gasteiger partial charge in [-0.25, -0.2) is 4.21 Å². The van der Waals surface area contributed by atoms with E-state index >= 15 is 0 Å². The van der Waals surface area contributed by atoms with Gasteiger partial charge in [-0.3, -0.25) is 4.21 Å². The quantitative estimate of drug-likeness (QED) is 0.433. The fourth-order valence-electron chi connectivity index (χ4n) is 0. The van der Waals surface area contributed by atoms with Crippen LogP contribution in [0.2, 0.25) is 0 Å². The van der Waals surface area contributed by atoms with Gasteiger partial charge in [-0.2, -0.15) is 0 Å². The highest BCUT2D eigenvalue weighted by Crippen LogP contribution is 1.43. The summed E-state index contributed by atoms with van der Waals surface area (Å²) in [4.78, 5) is 0. The van der Waals surface area contributed by atoms with Crippen LogP contribution < -0.4 is 6.15 Å². The predicted octanol–water partition coefficient (Wildman–Crippen LogP) is -1.39. The molecule has 9 heteroatoms. The Kier molecular flexibility index (Phi) is 19.6. The van der Waals surface area contributed by atoms with Crippen molar-refractivity contribution in [2.75, 3.05) is 0 Å². The first-order valence-corrected chi connectivity index (χ1v) is 3.05. The van der Waals surface area contributed by atoms with Gasteiger partial charge in [-0.1, -0.05) is 0 Å². The van der Waals surface area contributed by atoms with E-state index in [2.05, 4.69) is 0 Å². The predicted molar refractivity (Wildman–Crippen MR) is 27.4 cm³/mol. The van der Waals surface area contributed by atoms with Gasteiger partial charge in [-0.05, 0) is 0 Å². The minimum absolute atomic E-state index is 0. The van der Waals surface area contributed by atoms with Crippen LogP contribution >= 0.6 is 0 Å². The van der Waals surface area contributed by atoms with Gasteiger partial charge in [0.2, 0.25) is 0 Å². The van der Waals surface area contributed by atoms with E-state index in [0.717, 1.165) is 0 Å². The normalized spacial score (nSPS) is 10.8. The molecule has 9 heavy (non-hydrogen) atoms. The van der Waals surface area contributed by atoms with Gasteiger partial charge in [0.05, 0.1) is 11.4 Å². The van der Waals surface area contributed by atoms with Crippen molar-refractivity contribution in [1.82, 2.24) is 6.15 Å². The molecule has 0 aromatic heterocycles. The Bertz CT molecular complexity index is 73.7. The van der Waals surface area contributed by atoms with E-state index in [1.54, 1.807) is 0 Å². The van der Waals surface area contributed by atoms with Crippen LogP contribution in [-0.2, 0) is 22.7 Å². The maximum atomic E-state index is 8.56. The minimum atomic E-state index is -3.11. The summed E-state index contributed by atoms with van der Waals surface area (Å²) in [6, 6.07) is 0. The highest BCUT2D eigenvalue weighted by Gasteiger charge is 1.42. The molecule has 60 valence electrons. The molecule has 0 saturated heterocycles. The van der Waals surface area contributed by atoms with Crippen LogP contribution in [0.4, 0.5) is 0 Å². The SMILES string of the molecule is N.O=S([O-])O.O=S([O-])[O-].[H+]. The molecule has 0 aliphatic heterocycles. The lowest BCUT2D eigenvalue weighted by Crippen LogP contribution is -1.76. The topological polar surface area (TPSA) is 159 Å². The molecule has 0 saturated carbocycles. The van der Waals surface area contributed by atoms with Crippen LogP contribution in [0.25, 0.3) is 0 Å². The highest BCUT2D eigenvalue weighted by molar-refractivity contribution is 7.73. The summed E-state index contributed by atoms with van der Waals surface area (Å²) < 4.78 is 49.4. The summed E-state index contributed by atoms with van der Waals surface area (Å²) in [7, 11) is 0. The molecule has 0 bridgehead atoms. The molecule has 0 fully saturated rings. The van der Waals surface area contributed by atoms with Gasteiger partial charge < -0.3 is 24.4 Å². The molecule has 0 aliphatic rings. The van der Waals surface area contributed by atoms with Gasteiger partial charge in [0.1, 0.15) is 0 Å². The summed E-state index contributed by atoms with van der Waals surface area (Å²) >= 11 is -5.97. The third-order valence-corrected chi connectivity index (χ3v) is 0. The fraction of sp³-hybridized carbons (Fsp3) is 0. The number of hydrogen-bond acceptors (Lipinski definition) is 6. The van der Waals surface area contributed by atoms with Crippen LogP contribution in [0.15, 0.2) is 0 Å². The van der Waals surface area contributed by atoms with Crippen molar-refractivity contribution >= 4 is 22.7 Å². The Hall–Kier alpha value is 0.1000. The molecule has 0 radical (unpaired) electrons. The zero-order chi connectivity index (χ0) is 7.15. The number of rotatable bonds is 0. The molecule has 0 aliphatic carbocycles. The van der Waals surface area contributed by atoms with Gasteiger partial charge in [0.15, 0.2) is 0 Å². The van der Waals surface area contributed by atoms with Crippen molar-refractivity contribution in [3.63, 3.8) is 0 Å². The third-order valence-electron chi connectivity index (χ3n) is 0. The van der Waals surface area contributed by atoms with E-state index in [1.165, 1.54) is 0 Å². The van der Waals surface area contributed by atoms with E-state index in [4.69, 9.17) is 26.6 Å². The lowest BCUT2D eigenvalue weighted by Gasteiger charge is -2.03. The van der Waals surface area contributed by atoms with E-state index in [-0.39, 0.29) is 7.58 Å². The zero-order valence-electron chi connectivity index (χ0n) is 5.01. The standard InChI is InChI=1S/H3N.2H2O3S/c;2*1-4(2)3/h1H3;2*(H2,1,2,3)/p-2. The largest absolute Gasteiger partial charge is 1.00 e. The van der Waals surface area contributed by atoms with Crippen molar-refractivity contribution < 1.29 is 28.1 Å². The lowest BCUT2D eigenvalue weighted by molar-refractivity contribution is 0.419. The average molecular weight is 179 g/mol. The summed E-state index contributed by atoms with van der Waals surface area (Å²) in [5, 5.41) is 0. The molecule has 4 N–H and O–H groups in total. The Labute approximate surface area is 57.8 Å². The fourth-order valence-corrected chi connectivity index (χ4v) is 0. The highest BCUT2D eigenvalue weighted by atomic mass is 32.2. The maximum absolute atomic E-state index is 8.56. The van der Waals surface area contributed by atoms with E-state index in [0.29, 0.717) is 0 Å². The van der Waals surface area contributed by atoms with E-state index in [1.807, 2.05) is 0 Å². The van der Waals surface area contributed by atoms with E-state index < -0.39 is 22.7 Å². The van der Waals surface area contributed by atoms with E-state index in [9.17, 15) is 0 Å². The van der Waals surface area contributed by atoms with Crippen LogP contribution in [-0.4, -0.2) is 26.6 Å². The summed E-state index contributed by atoms with van der Waals surface area (Å²) in [5.74, 6) is 0. The smallest absolute Gasteiger partial charge is 0.784 e. The van der Waals surface area contributed by atoms with Gasteiger partial charge in [0, 0.05) is 0 Å². The lowest BCUT2D eigenvalue weighted by atomic mass is 14.0. The summed E-state index contributed by atoms with van der Waals surface area (Å²) in [6.45, 7) is 0. The monoisotopic (exact) mass is 179 g/mol. The van der Waals surface area contributed by atoms with Crippen LogP contribution in [0, 0.1) is 0 Å². The first-order chi connectivity index (χ1) is 3.46. The molecule has 0 spiro atoms. The van der Waals surface area contributed by atoms with Crippen molar-refractivity contribution in [1.29, 1.82) is 0 Å². The minimum Gasteiger partial charge on any atom is -0.784 e. The maximum Gasteiger partial charge on any atom is 1.00 e. The van der Waals surface area contributed by atoms with Crippen LogP contribution in [0.5, 0.6) is 0 Å². The molecule has 7 nitrogen and oxygen atoms in total. The van der Waals surface area contributed by atoms with Crippen molar-refractivity contribution in [2.45, 2.75) is 0 Å². The average Bonchev–Trinajstić information content (AvgIpc) is 1.25. The summed E-state index contributed by atoms with van der Waals surface area (Å²) in [6.07, 6.45) is 0. The van der Waals surface area contributed by atoms with Crippen LogP contribution in [0.3, 0.4) is 0 Å². The second kappa shape index (κ2) is 11.0.